The van der Waals surface area contributed by atoms with Gasteiger partial charge in [0.15, 0.2) is 0 Å². The zero-order chi connectivity index (χ0) is 11.6. The first-order valence-corrected chi connectivity index (χ1v) is 5.93. The summed E-state index contributed by atoms with van der Waals surface area (Å²) in [6.07, 6.45) is 3.10. The molecule has 0 heterocycles. The quantitative estimate of drug-likeness (QED) is 0.836. The molecule has 1 saturated carbocycles. The maximum atomic E-state index is 9.23. The van der Waals surface area contributed by atoms with Crippen LogP contribution in [0.2, 0.25) is 0 Å². The number of nitrogens with zero attached hydrogens (tertiary/aromatic N) is 1. The molecular weight excluding hydrogens is 196 g/mol. The molecule has 2 heteroatoms. The minimum atomic E-state index is -0.150. The average Bonchev–Trinajstić information content (AvgIpc) is 3.12. The molecule has 1 aromatic rings. The molecule has 1 atom stereocenters. The standard InChI is InChI=1S/C14H18N2/c1-3-11-4-6-12(7-5-11)13(16-2)14(10-15)8-9-14/h4-7,13,16H,3,8-9H2,1-2H3. The van der Waals surface area contributed by atoms with Gasteiger partial charge in [0.05, 0.1) is 17.5 Å². The second kappa shape index (κ2) is 4.27. The van der Waals surface area contributed by atoms with Gasteiger partial charge in [0, 0.05) is 0 Å². The van der Waals surface area contributed by atoms with Crippen LogP contribution in [-0.2, 0) is 6.42 Å². The van der Waals surface area contributed by atoms with Crippen molar-refractivity contribution in [2.75, 3.05) is 7.05 Å². The van der Waals surface area contributed by atoms with Gasteiger partial charge < -0.3 is 5.32 Å². The first kappa shape index (κ1) is 11.2. The van der Waals surface area contributed by atoms with E-state index in [4.69, 9.17) is 0 Å². The number of benzene rings is 1. The van der Waals surface area contributed by atoms with Gasteiger partial charge in [-0.05, 0) is 37.4 Å². The predicted molar refractivity (Wildman–Crippen MR) is 64.9 cm³/mol. The average molecular weight is 214 g/mol. The molecule has 1 unspecified atom stereocenters. The summed E-state index contributed by atoms with van der Waals surface area (Å²) < 4.78 is 0. The minimum Gasteiger partial charge on any atom is -0.312 e. The van der Waals surface area contributed by atoms with Crippen LogP contribution in [0.25, 0.3) is 0 Å². The lowest BCUT2D eigenvalue weighted by Crippen LogP contribution is -2.25. The Morgan fingerprint density at radius 1 is 1.38 bits per heavy atom. The van der Waals surface area contributed by atoms with Crippen molar-refractivity contribution in [2.24, 2.45) is 5.41 Å². The maximum absolute atomic E-state index is 9.23. The molecule has 1 aromatic carbocycles. The number of nitriles is 1. The van der Waals surface area contributed by atoms with Gasteiger partial charge in [-0.1, -0.05) is 31.2 Å². The van der Waals surface area contributed by atoms with Crippen LogP contribution in [0.1, 0.15) is 36.9 Å². The molecule has 2 nitrogen and oxygen atoms in total. The van der Waals surface area contributed by atoms with Crippen LogP contribution >= 0.6 is 0 Å². The molecule has 16 heavy (non-hydrogen) atoms. The topological polar surface area (TPSA) is 35.8 Å². The van der Waals surface area contributed by atoms with Crippen LogP contribution in [0.4, 0.5) is 0 Å². The van der Waals surface area contributed by atoms with Crippen molar-refractivity contribution in [1.82, 2.24) is 5.32 Å². The Balaban J connectivity index is 2.24. The van der Waals surface area contributed by atoms with Gasteiger partial charge in [0.25, 0.3) is 0 Å². The van der Waals surface area contributed by atoms with Gasteiger partial charge in [-0.2, -0.15) is 5.26 Å². The van der Waals surface area contributed by atoms with Crippen LogP contribution in [0.3, 0.4) is 0 Å². The summed E-state index contributed by atoms with van der Waals surface area (Å²) in [5.74, 6) is 0. The molecule has 1 N–H and O–H groups in total. The molecule has 2 rings (SSSR count). The number of rotatable bonds is 4. The SMILES string of the molecule is CCc1ccc(C(NC)C2(C#N)CC2)cc1. The maximum Gasteiger partial charge on any atom is 0.0769 e. The van der Waals surface area contributed by atoms with E-state index in [2.05, 4.69) is 42.6 Å². The highest BCUT2D eigenvalue weighted by Gasteiger charge is 2.50. The summed E-state index contributed by atoms with van der Waals surface area (Å²) in [6.45, 7) is 2.15. The van der Waals surface area contributed by atoms with E-state index in [-0.39, 0.29) is 11.5 Å². The van der Waals surface area contributed by atoms with Gasteiger partial charge in [0.1, 0.15) is 0 Å². The third-order valence-electron chi connectivity index (χ3n) is 3.57. The third-order valence-corrected chi connectivity index (χ3v) is 3.57. The van der Waals surface area contributed by atoms with Crippen molar-refractivity contribution >= 4 is 0 Å². The molecule has 84 valence electrons. The van der Waals surface area contributed by atoms with Crippen LogP contribution in [0.15, 0.2) is 24.3 Å². The summed E-state index contributed by atoms with van der Waals surface area (Å²) in [7, 11) is 1.94. The molecule has 0 spiro atoms. The Morgan fingerprint density at radius 2 is 2.00 bits per heavy atom. The Labute approximate surface area is 97.3 Å². The third kappa shape index (κ3) is 1.83. The normalized spacial score (nSPS) is 18.8. The lowest BCUT2D eigenvalue weighted by molar-refractivity contribution is 0.444. The highest BCUT2D eigenvalue weighted by Crippen LogP contribution is 2.54. The fraction of sp³-hybridized carbons (Fsp3) is 0.500. The number of nitrogens with one attached hydrogen (secondary N) is 1. The molecule has 0 radical (unpaired) electrons. The summed E-state index contributed by atoms with van der Waals surface area (Å²) in [5.41, 5.74) is 2.43. The molecule has 1 aliphatic rings. The molecule has 1 aliphatic carbocycles. The molecule has 1 fully saturated rings. The van der Waals surface area contributed by atoms with E-state index < -0.39 is 0 Å². The Bertz CT molecular complexity index is 396. The Hall–Kier alpha value is -1.33. The summed E-state index contributed by atoms with van der Waals surface area (Å²) in [4.78, 5) is 0. The Morgan fingerprint density at radius 3 is 2.38 bits per heavy atom. The molecule has 0 bridgehead atoms. The summed E-state index contributed by atoms with van der Waals surface area (Å²) >= 11 is 0. The van der Waals surface area contributed by atoms with E-state index >= 15 is 0 Å². The highest BCUT2D eigenvalue weighted by atomic mass is 14.9. The molecular formula is C14H18N2. The van der Waals surface area contributed by atoms with E-state index in [1.54, 1.807) is 0 Å². The first-order chi connectivity index (χ1) is 7.75. The van der Waals surface area contributed by atoms with Crippen LogP contribution in [0, 0.1) is 16.7 Å². The Kier molecular flexibility index (Phi) is 2.98. The summed E-state index contributed by atoms with van der Waals surface area (Å²) in [6, 6.07) is 11.3. The molecule has 0 aromatic heterocycles. The zero-order valence-electron chi connectivity index (χ0n) is 9.96. The number of hydrogen-bond acceptors (Lipinski definition) is 2. The van der Waals surface area contributed by atoms with Gasteiger partial charge in [-0.25, -0.2) is 0 Å². The molecule has 0 aliphatic heterocycles. The fourth-order valence-corrected chi connectivity index (χ4v) is 2.31. The first-order valence-electron chi connectivity index (χ1n) is 5.93. The monoisotopic (exact) mass is 214 g/mol. The smallest absolute Gasteiger partial charge is 0.0769 e. The zero-order valence-corrected chi connectivity index (χ0v) is 9.96. The van der Waals surface area contributed by atoms with E-state index in [0.717, 1.165) is 19.3 Å². The van der Waals surface area contributed by atoms with Crippen molar-refractivity contribution in [1.29, 1.82) is 5.26 Å². The number of hydrogen-bond donors (Lipinski definition) is 1. The predicted octanol–water partition coefficient (Wildman–Crippen LogP) is 2.81. The van der Waals surface area contributed by atoms with Crippen molar-refractivity contribution < 1.29 is 0 Å². The van der Waals surface area contributed by atoms with Gasteiger partial charge in [-0.3, -0.25) is 0 Å². The van der Waals surface area contributed by atoms with Crippen molar-refractivity contribution in [2.45, 2.75) is 32.2 Å². The van der Waals surface area contributed by atoms with Crippen LogP contribution in [0.5, 0.6) is 0 Å². The molecule has 0 amide bonds. The van der Waals surface area contributed by atoms with E-state index in [1.165, 1.54) is 11.1 Å². The van der Waals surface area contributed by atoms with Gasteiger partial charge >= 0.3 is 0 Å². The second-order valence-corrected chi connectivity index (χ2v) is 4.58. The van der Waals surface area contributed by atoms with E-state index in [0.29, 0.717) is 0 Å². The minimum absolute atomic E-state index is 0.150. The van der Waals surface area contributed by atoms with Crippen molar-refractivity contribution in [3.8, 4) is 6.07 Å². The largest absolute Gasteiger partial charge is 0.312 e. The lowest BCUT2D eigenvalue weighted by Gasteiger charge is -2.21. The fourth-order valence-electron chi connectivity index (χ4n) is 2.31. The van der Waals surface area contributed by atoms with Gasteiger partial charge in [-0.15, -0.1) is 0 Å². The lowest BCUT2D eigenvalue weighted by atomic mass is 9.91. The molecule has 0 saturated heterocycles. The van der Waals surface area contributed by atoms with Crippen molar-refractivity contribution in [3.63, 3.8) is 0 Å². The van der Waals surface area contributed by atoms with Crippen LogP contribution in [-0.4, -0.2) is 7.05 Å². The van der Waals surface area contributed by atoms with E-state index in [1.807, 2.05) is 7.05 Å². The second-order valence-electron chi connectivity index (χ2n) is 4.58. The van der Waals surface area contributed by atoms with Crippen LogP contribution < -0.4 is 5.32 Å². The van der Waals surface area contributed by atoms with E-state index in [9.17, 15) is 5.26 Å². The van der Waals surface area contributed by atoms with Gasteiger partial charge in [0.2, 0.25) is 0 Å². The highest BCUT2D eigenvalue weighted by molar-refractivity contribution is 5.31. The van der Waals surface area contributed by atoms with Crippen molar-refractivity contribution in [3.05, 3.63) is 35.4 Å². The summed E-state index contributed by atoms with van der Waals surface area (Å²) in [5, 5.41) is 12.5. The number of aryl methyl sites for hydroxylation is 1.